The predicted octanol–water partition coefficient (Wildman–Crippen LogP) is 2.58. The quantitative estimate of drug-likeness (QED) is 0.736. The summed E-state index contributed by atoms with van der Waals surface area (Å²) in [5, 5.41) is 14.7. The molecule has 0 saturated heterocycles. The molecule has 0 saturated carbocycles. The Kier molecular flexibility index (Phi) is 2.83. The van der Waals surface area contributed by atoms with Gasteiger partial charge < -0.3 is 5.11 Å². The third-order valence-electron chi connectivity index (χ3n) is 3.32. The Labute approximate surface area is 119 Å². The summed E-state index contributed by atoms with van der Waals surface area (Å²) in [6.07, 6.45) is 1.38. The van der Waals surface area contributed by atoms with Crippen LogP contribution in [-0.2, 0) is 7.05 Å². The molecular formula is C14H13N3O2S. The number of ketones is 1. The molecular weight excluding hydrogens is 274 g/mol. The molecule has 1 N–H and O–H groups in total. The van der Waals surface area contributed by atoms with E-state index < -0.39 is 0 Å². The third-order valence-corrected chi connectivity index (χ3v) is 4.25. The van der Waals surface area contributed by atoms with E-state index in [4.69, 9.17) is 0 Å². The summed E-state index contributed by atoms with van der Waals surface area (Å²) in [5.41, 5.74) is 2.44. The van der Waals surface area contributed by atoms with Gasteiger partial charge in [0.1, 0.15) is 5.56 Å². The molecule has 102 valence electrons. The summed E-state index contributed by atoms with van der Waals surface area (Å²) >= 11 is 1.60. The number of aromatic nitrogens is 3. The highest BCUT2D eigenvalue weighted by Gasteiger charge is 2.20. The van der Waals surface area contributed by atoms with E-state index in [0.29, 0.717) is 5.56 Å². The fourth-order valence-corrected chi connectivity index (χ4v) is 3.11. The molecule has 0 fully saturated rings. The van der Waals surface area contributed by atoms with E-state index in [1.165, 1.54) is 10.9 Å². The van der Waals surface area contributed by atoms with Crippen molar-refractivity contribution in [2.75, 3.05) is 0 Å². The number of fused-ring (bicyclic) bond motifs is 1. The minimum Gasteiger partial charge on any atom is -0.493 e. The van der Waals surface area contributed by atoms with E-state index in [2.05, 4.69) is 10.1 Å². The molecule has 0 aliphatic heterocycles. The lowest BCUT2D eigenvalue weighted by molar-refractivity contribution is 0.103. The molecule has 0 spiro atoms. The molecule has 0 unspecified atom stereocenters. The van der Waals surface area contributed by atoms with Crippen molar-refractivity contribution in [1.82, 2.24) is 14.8 Å². The average Bonchev–Trinajstić information content (AvgIpc) is 2.94. The van der Waals surface area contributed by atoms with E-state index in [1.807, 2.05) is 19.9 Å². The van der Waals surface area contributed by atoms with E-state index in [-0.39, 0.29) is 17.2 Å². The first-order chi connectivity index (χ1) is 9.49. The summed E-state index contributed by atoms with van der Waals surface area (Å²) in [4.78, 5) is 17.0. The van der Waals surface area contributed by atoms with Gasteiger partial charge >= 0.3 is 0 Å². The number of carbonyl (C=O) groups excluding carboxylic acids is 1. The average molecular weight is 287 g/mol. The molecule has 6 heteroatoms. The maximum atomic E-state index is 12.5. The summed E-state index contributed by atoms with van der Waals surface area (Å²) in [6, 6.07) is 3.68. The summed E-state index contributed by atoms with van der Waals surface area (Å²) < 4.78 is 2.33. The number of aromatic hydroxyl groups is 1. The third kappa shape index (κ3) is 1.80. The molecule has 0 amide bonds. The summed E-state index contributed by atoms with van der Waals surface area (Å²) in [5.74, 6) is -0.357. The SMILES string of the molecule is Cc1nc2c(C)c(C(=O)c3cnn(C)c3O)ccc2s1. The lowest BCUT2D eigenvalue weighted by atomic mass is 10.00. The Hall–Kier alpha value is -2.21. The predicted molar refractivity (Wildman–Crippen MR) is 77.4 cm³/mol. The minimum absolute atomic E-state index is 0.121. The second-order valence-electron chi connectivity index (χ2n) is 4.65. The first kappa shape index (κ1) is 12.8. The zero-order valence-electron chi connectivity index (χ0n) is 11.3. The topological polar surface area (TPSA) is 68.0 Å². The smallest absolute Gasteiger partial charge is 0.220 e. The normalized spacial score (nSPS) is 11.2. The largest absolute Gasteiger partial charge is 0.493 e. The van der Waals surface area contributed by atoms with E-state index >= 15 is 0 Å². The Balaban J connectivity index is 2.17. The van der Waals surface area contributed by atoms with Crippen LogP contribution in [0.3, 0.4) is 0 Å². The molecule has 0 radical (unpaired) electrons. The standard InChI is InChI=1S/C14H13N3O2S/c1-7-9(4-5-11-12(7)16-8(2)20-11)13(18)10-6-15-17(3)14(10)19/h4-6,19H,1-3H3. The molecule has 2 heterocycles. The maximum Gasteiger partial charge on any atom is 0.220 e. The molecule has 2 aromatic heterocycles. The van der Waals surface area contributed by atoms with Gasteiger partial charge in [-0.15, -0.1) is 11.3 Å². The number of aryl methyl sites for hydroxylation is 3. The van der Waals surface area contributed by atoms with Gasteiger partial charge in [-0.2, -0.15) is 5.10 Å². The van der Waals surface area contributed by atoms with Gasteiger partial charge in [0.05, 0.1) is 21.4 Å². The minimum atomic E-state index is -0.236. The summed E-state index contributed by atoms with van der Waals surface area (Å²) in [6.45, 7) is 3.82. The Bertz CT molecular complexity index is 832. The van der Waals surface area contributed by atoms with Gasteiger partial charge in [-0.1, -0.05) is 0 Å². The van der Waals surface area contributed by atoms with Crippen molar-refractivity contribution in [2.24, 2.45) is 7.05 Å². The molecule has 3 aromatic rings. The van der Waals surface area contributed by atoms with Crippen molar-refractivity contribution in [2.45, 2.75) is 13.8 Å². The van der Waals surface area contributed by atoms with Gasteiger partial charge in [-0.3, -0.25) is 4.79 Å². The van der Waals surface area contributed by atoms with Crippen LogP contribution >= 0.6 is 11.3 Å². The number of benzene rings is 1. The van der Waals surface area contributed by atoms with Crippen molar-refractivity contribution in [1.29, 1.82) is 0 Å². The van der Waals surface area contributed by atoms with Crippen molar-refractivity contribution >= 4 is 27.3 Å². The van der Waals surface area contributed by atoms with Crippen molar-refractivity contribution in [3.8, 4) is 5.88 Å². The van der Waals surface area contributed by atoms with Gasteiger partial charge in [0.25, 0.3) is 0 Å². The first-order valence-electron chi connectivity index (χ1n) is 6.11. The number of hydrogen-bond donors (Lipinski definition) is 1. The molecule has 0 aliphatic carbocycles. The van der Waals surface area contributed by atoms with Crippen molar-refractivity contribution in [3.05, 3.63) is 40.0 Å². The van der Waals surface area contributed by atoms with Crippen LogP contribution in [-0.4, -0.2) is 25.7 Å². The van der Waals surface area contributed by atoms with Crippen LogP contribution in [0.4, 0.5) is 0 Å². The van der Waals surface area contributed by atoms with Crippen LogP contribution in [0.25, 0.3) is 10.2 Å². The molecule has 3 rings (SSSR count). The molecule has 0 atom stereocenters. The molecule has 0 bridgehead atoms. The summed E-state index contributed by atoms with van der Waals surface area (Å²) in [7, 11) is 1.59. The van der Waals surface area contributed by atoms with Gasteiger partial charge in [0.15, 0.2) is 5.78 Å². The maximum absolute atomic E-state index is 12.5. The van der Waals surface area contributed by atoms with Crippen LogP contribution < -0.4 is 0 Å². The number of nitrogens with zero attached hydrogens (tertiary/aromatic N) is 3. The Morgan fingerprint density at radius 2 is 2.05 bits per heavy atom. The van der Waals surface area contributed by atoms with E-state index in [9.17, 15) is 9.90 Å². The van der Waals surface area contributed by atoms with Crippen molar-refractivity contribution < 1.29 is 9.90 Å². The van der Waals surface area contributed by atoms with Crippen LogP contribution in [0, 0.1) is 13.8 Å². The lowest BCUT2D eigenvalue weighted by Crippen LogP contribution is -2.03. The fourth-order valence-electron chi connectivity index (χ4n) is 2.22. The highest BCUT2D eigenvalue weighted by molar-refractivity contribution is 7.18. The lowest BCUT2D eigenvalue weighted by Gasteiger charge is -2.04. The molecule has 1 aromatic carbocycles. The first-order valence-corrected chi connectivity index (χ1v) is 6.93. The van der Waals surface area contributed by atoms with Gasteiger partial charge in [0, 0.05) is 12.6 Å². The van der Waals surface area contributed by atoms with Crippen molar-refractivity contribution in [3.63, 3.8) is 0 Å². The Morgan fingerprint density at radius 1 is 1.30 bits per heavy atom. The molecule has 0 aliphatic rings. The van der Waals surface area contributed by atoms with E-state index in [1.54, 1.807) is 24.5 Å². The number of thiazole rings is 1. The highest BCUT2D eigenvalue weighted by Crippen LogP contribution is 2.29. The van der Waals surface area contributed by atoms with Crippen LogP contribution in [0.5, 0.6) is 5.88 Å². The fraction of sp³-hybridized carbons (Fsp3) is 0.214. The zero-order chi connectivity index (χ0) is 14.4. The van der Waals surface area contributed by atoms with Gasteiger partial charge in [-0.05, 0) is 31.5 Å². The zero-order valence-corrected chi connectivity index (χ0v) is 12.2. The number of carbonyl (C=O) groups is 1. The van der Waals surface area contributed by atoms with E-state index in [0.717, 1.165) is 20.8 Å². The molecule has 20 heavy (non-hydrogen) atoms. The highest BCUT2D eigenvalue weighted by atomic mass is 32.1. The van der Waals surface area contributed by atoms with Crippen LogP contribution in [0.15, 0.2) is 18.3 Å². The van der Waals surface area contributed by atoms with Crippen LogP contribution in [0.1, 0.15) is 26.5 Å². The van der Waals surface area contributed by atoms with Gasteiger partial charge in [-0.25, -0.2) is 9.67 Å². The molecule has 5 nitrogen and oxygen atoms in total. The van der Waals surface area contributed by atoms with Crippen LogP contribution in [0.2, 0.25) is 0 Å². The number of hydrogen-bond acceptors (Lipinski definition) is 5. The number of rotatable bonds is 2. The van der Waals surface area contributed by atoms with Gasteiger partial charge in [0.2, 0.25) is 5.88 Å². The monoisotopic (exact) mass is 287 g/mol. The second kappa shape index (κ2) is 4.42. The Morgan fingerprint density at radius 3 is 2.70 bits per heavy atom. The second-order valence-corrected chi connectivity index (χ2v) is 5.89.